The van der Waals surface area contributed by atoms with Crippen LogP contribution >= 0.6 is 0 Å². The molecule has 0 saturated carbocycles. The molecule has 2 rings (SSSR count). The van der Waals surface area contributed by atoms with E-state index in [0.29, 0.717) is 12.8 Å². The molecule has 0 spiro atoms. The SMILES string of the molecule is CC[C@H](C)[C@@H]1NC(=O)[C@H](CC(N)=O)NC(=O)[C@H](CCCN=C(N)N)NC(=O)[C@H](C(C)C)NC(=O)[C@H](CCCN=C(N)N)NC(=O)[C@@H]2CCCN2C(=O)[C@H](CCCN=C(N)N)NC1=O. The Morgan fingerprint density at radius 1 is 0.587 bits per heavy atom. The average molecular weight is 892 g/mol. The molecule has 2 saturated heterocycles. The van der Waals surface area contributed by atoms with Crippen LogP contribution in [-0.4, -0.2) is 139 Å². The maximum absolute atomic E-state index is 14.4. The molecule has 25 heteroatoms. The highest BCUT2D eigenvalue weighted by Crippen LogP contribution is 2.21. The van der Waals surface area contributed by atoms with Gasteiger partial charge >= 0.3 is 0 Å². The van der Waals surface area contributed by atoms with Crippen molar-refractivity contribution in [3.8, 4) is 0 Å². The molecule has 2 aliphatic heterocycles. The van der Waals surface area contributed by atoms with Crippen LogP contribution in [0.15, 0.2) is 15.0 Å². The van der Waals surface area contributed by atoms with Crippen LogP contribution in [-0.2, 0) is 38.4 Å². The quantitative estimate of drug-likeness (QED) is 0.0369. The molecule has 354 valence electrons. The van der Waals surface area contributed by atoms with Crippen molar-refractivity contribution in [2.45, 2.75) is 134 Å². The van der Waals surface area contributed by atoms with Gasteiger partial charge in [-0.25, -0.2) is 0 Å². The molecule has 0 bridgehead atoms. The van der Waals surface area contributed by atoms with Crippen LogP contribution < -0.4 is 72.0 Å². The van der Waals surface area contributed by atoms with E-state index in [2.05, 4.69) is 46.9 Å². The predicted molar refractivity (Wildman–Crippen MR) is 234 cm³/mol. The molecule has 8 amide bonds. The lowest BCUT2D eigenvalue weighted by molar-refractivity contribution is -0.143. The second-order valence-corrected chi connectivity index (χ2v) is 16.1. The van der Waals surface area contributed by atoms with Crippen molar-refractivity contribution in [2.75, 3.05) is 26.2 Å². The van der Waals surface area contributed by atoms with Crippen molar-refractivity contribution in [3.63, 3.8) is 0 Å². The van der Waals surface area contributed by atoms with E-state index in [-0.39, 0.29) is 89.0 Å². The Morgan fingerprint density at radius 2 is 1.00 bits per heavy atom. The summed E-state index contributed by atoms with van der Waals surface area (Å²) in [5.41, 5.74) is 38.4. The van der Waals surface area contributed by atoms with Crippen molar-refractivity contribution in [3.05, 3.63) is 0 Å². The van der Waals surface area contributed by atoms with E-state index in [1.807, 2.05) is 0 Å². The molecule has 2 fully saturated rings. The van der Waals surface area contributed by atoms with Crippen molar-refractivity contribution in [2.24, 2.45) is 66.9 Å². The highest BCUT2D eigenvalue weighted by molar-refractivity contribution is 5.99. The van der Waals surface area contributed by atoms with Crippen LogP contribution in [0.1, 0.15) is 91.9 Å². The number of guanidine groups is 3. The lowest BCUT2D eigenvalue weighted by atomic mass is 9.96. The van der Waals surface area contributed by atoms with Crippen molar-refractivity contribution in [1.82, 2.24) is 36.8 Å². The smallest absolute Gasteiger partial charge is 0.245 e. The first kappa shape index (κ1) is 52.7. The topological polar surface area (TPSA) is 431 Å². The van der Waals surface area contributed by atoms with E-state index in [1.54, 1.807) is 27.7 Å². The van der Waals surface area contributed by atoms with Gasteiger partial charge in [-0.15, -0.1) is 0 Å². The zero-order valence-electron chi connectivity index (χ0n) is 36.7. The fourth-order valence-electron chi connectivity index (χ4n) is 7.03. The second-order valence-electron chi connectivity index (χ2n) is 16.1. The summed E-state index contributed by atoms with van der Waals surface area (Å²) in [6, 6.07) is -9.10. The minimum Gasteiger partial charge on any atom is -0.370 e. The number of nitrogens with two attached hydrogens (primary N) is 7. The zero-order valence-corrected chi connectivity index (χ0v) is 36.7. The maximum Gasteiger partial charge on any atom is 0.245 e. The van der Waals surface area contributed by atoms with Gasteiger partial charge < -0.3 is 76.9 Å². The van der Waals surface area contributed by atoms with E-state index < -0.39 is 108 Å². The Balaban J connectivity index is 2.76. The number of hydrogen-bond acceptors (Lipinski definition) is 11. The summed E-state index contributed by atoms with van der Waals surface area (Å²) in [5.74, 6) is -8.10. The zero-order chi connectivity index (χ0) is 47.4. The number of amides is 8. The number of carbonyl (C=O) groups excluding carboxylic acids is 8. The highest BCUT2D eigenvalue weighted by Gasteiger charge is 2.41. The average Bonchev–Trinajstić information content (AvgIpc) is 3.70. The van der Waals surface area contributed by atoms with E-state index in [4.69, 9.17) is 40.1 Å². The number of nitrogens with one attached hydrogen (secondary N) is 6. The monoisotopic (exact) mass is 892 g/mol. The van der Waals surface area contributed by atoms with Crippen LogP contribution in [0.5, 0.6) is 0 Å². The molecule has 0 aromatic heterocycles. The van der Waals surface area contributed by atoms with Gasteiger partial charge in [-0.2, -0.15) is 0 Å². The van der Waals surface area contributed by atoms with Gasteiger partial charge in [0.1, 0.15) is 42.3 Å². The molecule has 0 aromatic rings. The summed E-state index contributed by atoms with van der Waals surface area (Å²) in [7, 11) is 0. The number of nitrogens with zero attached hydrogens (tertiary/aromatic N) is 4. The summed E-state index contributed by atoms with van der Waals surface area (Å²) < 4.78 is 0. The van der Waals surface area contributed by atoms with Gasteiger partial charge in [0.25, 0.3) is 0 Å². The van der Waals surface area contributed by atoms with Crippen LogP contribution in [0.2, 0.25) is 0 Å². The molecule has 0 unspecified atom stereocenters. The summed E-state index contributed by atoms with van der Waals surface area (Å²) in [6.07, 6.45) is 0.879. The van der Waals surface area contributed by atoms with Crippen LogP contribution in [0.3, 0.4) is 0 Å². The van der Waals surface area contributed by atoms with E-state index in [9.17, 15) is 38.4 Å². The third kappa shape index (κ3) is 17.8. The normalized spacial score (nSPS) is 24.8. The molecule has 2 aliphatic rings. The Hall–Kier alpha value is -6.43. The first-order chi connectivity index (χ1) is 29.7. The molecule has 20 N–H and O–H groups in total. The predicted octanol–water partition coefficient (Wildman–Crippen LogP) is -5.36. The van der Waals surface area contributed by atoms with Crippen LogP contribution in [0.25, 0.3) is 0 Å². The van der Waals surface area contributed by atoms with Crippen LogP contribution in [0, 0.1) is 11.8 Å². The molecule has 0 radical (unpaired) electrons. The standard InChI is InChI=1S/C38H69N17O8/c1-5-20(4)28-34(62)51-23(12-8-16-48-38(44)45)35(63)55-17-9-13-25(55)32(60)49-22(11-7-15-47-37(42)43)30(58)53-27(19(2)3)33(61)50-21(10-6-14-46-36(40)41)29(57)52-24(18-26(39)56)31(59)54-28/h19-25,27-28H,5-18H2,1-4H3,(H2,39,56)(H,49,60)(H,50,61)(H,51,62)(H,52,57)(H,53,58)(H,54,59)(H4,40,41,46)(H4,42,43,47)(H4,44,45,48)/t20-,21-,22-,23-,24-,25-,27-,28-/m0/s1. The molecule has 2 heterocycles. The van der Waals surface area contributed by atoms with Gasteiger partial charge in [0.15, 0.2) is 17.9 Å². The maximum atomic E-state index is 14.4. The number of aliphatic imine (C=N–C) groups is 3. The highest BCUT2D eigenvalue weighted by atomic mass is 16.2. The Bertz CT molecular complexity index is 1710. The minimum absolute atomic E-state index is 0.0139. The molecular formula is C38H69N17O8. The third-order valence-corrected chi connectivity index (χ3v) is 10.6. The Labute approximate surface area is 367 Å². The first-order valence-corrected chi connectivity index (χ1v) is 21.2. The van der Waals surface area contributed by atoms with Gasteiger partial charge in [-0.1, -0.05) is 34.1 Å². The summed E-state index contributed by atoms with van der Waals surface area (Å²) >= 11 is 0. The minimum atomic E-state index is -1.62. The van der Waals surface area contributed by atoms with E-state index in [0.717, 1.165) is 0 Å². The molecular weight excluding hydrogens is 823 g/mol. The fraction of sp³-hybridized carbons (Fsp3) is 0.711. The lowest BCUT2D eigenvalue weighted by Crippen LogP contribution is -2.61. The number of carbonyl (C=O) groups is 8. The molecule has 0 aliphatic carbocycles. The Morgan fingerprint density at radius 3 is 1.48 bits per heavy atom. The Kier molecular flexibility index (Phi) is 21.9. The fourth-order valence-corrected chi connectivity index (χ4v) is 7.03. The van der Waals surface area contributed by atoms with Gasteiger partial charge in [-0.05, 0) is 63.2 Å². The summed E-state index contributed by atoms with van der Waals surface area (Å²) in [5, 5.41) is 15.9. The third-order valence-electron chi connectivity index (χ3n) is 10.6. The second kappa shape index (κ2) is 26.1. The van der Waals surface area contributed by atoms with Gasteiger partial charge in [0.2, 0.25) is 47.3 Å². The number of hydrogen-bond donors (Lipinski definition) is 13. The molecule has 0 aromatic carbocycles. The lowest BCUT2D eigenvalue weighted by Gasteiger charge is -2.32. The summed E-state index contributed by atoms with van der Waals surface area (Å²) in [6.45, 7) is 7.16. The molecule has 25 nitrogen and oxygen atoms in total. The van der Waals surface area contributed by atoms with E-state index >= 15 is 0 Å². The van der Waals surface area contributed by atoms with Gasteiger partial charge in [-0.3, -0.25) is 53.3 Å². The van der Waals surface area contributed by atoms with Crippen molar-refractivity contribution >= 4 is 65.1 Å². The molecule has 8 atom stereocenters. The van der Waals surface area contributed by atoms with Crippen molar-refractivity contribution < 1.29 is 38.4 Å². The van der Waals surface area contributed by atoms with Gasteiger partial charge in [0, 0.05) is 26.2 Å². The number of fused-ring (bicyclic) bond motifs is 1. The van der Waals surface area contributed by atoms with E-state index in [1.165, 1.54) is 4.90 Å². The number of primary amides is 1. The molecule has 63 heavy (non-hydrogen) atoms. The largest absolute Gasteiger partial charge is 0.370 e. The first-order valence-electron chi connectivity index (χ1n) is 21.2. The van der Waals surface area contributed by atoms with Crippen LogP contribution in [0.4, 0.5) is 0 Å². The number of rotatable bonds is 17. The summed E-state index contributed by atoms with van der Waals surface area (Å²) in [4.78, 5) is 124. The van der Waals surface area contributed by atoms with Crippen molar-refractivity contribution in [1.29, 1.82) is 0 Å². The van der Waals surface area contributed by atoms with Gasteiger partial charge in [0.05, 0.1) is 6.42 Å².